The third kappa shape index (κ3) is 3.08. The summed E-state index contributed by atoms with van der Waals surface area (Å²) in [5.41, 5.74) is 7.44. The first-order valence-electron chi connectivity index (χ1n) is 8.42. The quantitative estimate of drug-likeness (QED) is 0.787. The van der Waals surface area contributed by atoms with Gasteiger partial charge < -0.3 is 15.4 Å². The largest absolute Gasteiger partial charge is 0.374 e. The highest BCUT2D eigenvalue weighted by Gasteiger charge is 2.23. The van der Waals surface area contributed by atoms with Crippen molar-refractivity contribution < 1.29 is 9.13 Å². The van der Waals surface area contributed by atoms with Crippen LogP contribution in [0.4, 0.5) is 10.2 Å². The highest BCUT2D eigenvalue weighted by atomic mass is 19.1. The lowest BCUT2D eigenvalue weighted by Crippen LogP contribution is -2.44. The number of morpholine rings is 1. The maximum atomic E-state index is 14.2. The van der Waals surface area contributed by atoms with Gasteiger partial charge in [-0.3, -0.25) is 0 Å². The van der Waals surface area contributed by atoms with Gasteiger partial charge in [0.25, 0.3) is 0 Å². The Labute approximate surface area is 145 Å². The zero-order valence-corrected chi connectivity index (χ0v) is 13.8. The first-order chi connectivity index (χ1) is 12.3. The molecule has 1 unspecified atom stereocenters. The van der Waals surface area contributed by atoms with Gasteiger partial charge in [0.15, 0.2) is 5.65 Å². The number of rotatable bonds is 4. The van der Waals surface area contributed by atoms with Crippen LogP contribution in [0, 0.1) is 5.82 Å². The Hall–Kier alpha value is -2.51. The predicted molar refractivity (Wildman–Crippen MR) is 94.0 cm³/mol. The molecule has 3 aromatic rings. The minimum atomic E-state index is -0.284. The predicted octanol–water partition coefficient (Wildman–Crippen LogP) is 2.09. The lowest BCUT2D eigenvalue weighted by molar-refractivity contribution is 0.0365. The molecule has 2 aromatic heterocycles. The summed E-state index contributed by atoms with van der Waals surface area (Å²) in [4.78, 5) is 6.76. The third-order valence-electron chi connectivity index (χ3n) is 4.44. The number of halogens is 1. The zero-order valence-electron chi connectivity index (χ0n) is 13.8. The van der Waals surface area contributed by atoms with E-state index in [1.165, 1.54) is 6.07 Å². The molecule has 1 fully saturated rings. The fraction of sp³-hybridized carbons (Fsp3) is 0.333. The van der Waals surface area contributed by atoms with Gasteiger partial charge in [0.2, 0.25) is 0 Å². The van der Waals surface area contributed by atoms with E-state index in [1.807, 2.05) is 18.2 Å². The minimum absolute atomic E-state index is 0.0921. The molecule has 0 aliphatic carbocycles. The molecule has 0 spiro atoms. The maximum Gasteiger partial charge on any atom is 0.157 e. The molecule has 0 saturated carbocycles. The Morgan fingerprint density at radius 3 is 3.00 bits per heavy atom. The van der Waals surface area contributed by atoms with Crippen LogP contribution >= 0.6 is 0 Å². The Bertz CT molecular complexity index is 879. The molecule has 130 valence electrons. The number of nitrogens with two attached hydrogens (primary N) is 1. The highest BCUT2D eigenvalue weighted by Crippen LogP contribution is 2.27. The van der Waals surface area contributed by atoms with Gasteiger partial charge in [0.1, 0.15) is 11.6 Å². The Morgan fingerprint density at radius 1 is 1.28 bits per heavy atom. The summed E-state index contributed by atoms with van der Waals surface area (Å²) in [7, 11) is 0. The number of nitrogens with zero attached hydrogens (tertiary/aromatic N) is 4. The SMILES string of the molecule is NCCC1CN(c2cc(-c3ccccc3F)nc3ccnn23)CCO1. The van der Waals surface area contributed by atoms with Crippen LogP contribution in [0.15, 0.2) is 42.6 Å². The van der Waals surface area contributed by atoms with Crippen molar-refractivity contribution in [2.45, 2.75) is 12.5 Å². The second-order valence-electron chi connectivity index (χ2n) is 6.10. The number of hydrogen-bond donors (Lipinski definition) is 1. The zero-order chi connectivity index (χ0) is 17.2. The molecule has 4 rings (SSSR count). The summed E-state index contributed by atoms with van der Waals surface area (Å²) in [5, 5.41) is 4.38. The first-order valence-corrected chi connectivity index (χ1v) is 8.42. The van der Waals surface area contributed by atoms with E-state index in [2.05, 4.69) is 15.0 Å². The van der Waals surface area contributed by atoms with Crippen molar-refractivity contribution in [2.75, 3.05) is 31.1 Å². The molecule has 7 heteroatoms. The lowest BCUT2D eigenvalue weighted by Gasteiger charge is -2.34. The Kier molecular flexibility index (Phi) is 4.33. The van der Waals surface area contributed by atoms with E-state index in [0.717, 1.165) is 25.3 Å². The van der Waals surface area contributed by atoms with Gasteiger partial charge in [-0.25, -0.2) is 9.37 Å². The molecule has 3 heterocycles. The minimum Gasteiger partial charge on any atom is -0.374 e. The van der Waals surface area contributed by atoms with Gasteiger partial charge in [-0.1, -0.05) is 12.1 Å². The summed E-state index contributed by atoms with van der Waals surface area (Å²) >= 11 is 0. The van der Waals surface area contributed by atoms with Crippen LogP contribution in [0.3, 0.4) is 0 Å². The fourth-order valence-corrected chi connectivity index (χ4v) is 3.22. The van der Waals surface area contributed by atoms with Crippen LogP contribution in [0.2, 0.25) is 0 Å². The summed E-state index contributed by atoms with van der Waals surface area (Å²) in [6.07, 6.45) is 2.60. The molecule has 1 atom stereocenters. The van der Waals surface area contributed by atoms with Crippen LogP contribution in [0.5, 0.6) is 0 Å². The lowest BCUT2D eigenvalue weighted by atomic mass is 10.1. The number of anilines is 1. The summed E-state index contributed by atoms with van der Waals surface area (Å²) in [5.74, 6) is 0.603. The summed E-state index contributed by atoms with van der Waals surface area (Å²) in [6.45, 7) is 2.70. The Morgan fingerprint density at radius 2 is 2.16 bits per heavy atom. The topological polar surface area (TPSA) is 68.7 Å². The normalized spacial score (nSPS) is 18.0. The molecule has 0 radical (unpaired) electrons. The molecule has 1 aliphatic heterocycles. The van der Waals surface area contributed by atoms with E-state index in [4.69, 9.17) is 10.5 Å². The van der Waals surface area contributed by atoms with Crippen molar-refractivity contribution in [2.24, 2.45) is 5.73 Å². The molecular formula is C18H20FN5O. The van der Waals surface area contributed by atoms with E-state index >= 15 is 0 Å². The molecule has 1 saturated heterocycles. The van der Waals surface area contributed by atoms with Gasteiger partial charge in [-0.05, 0) is 25.1 Å². The number of benzene rings is 1. The number of aromatic nitrogens is 3. The van der Waals surface area contributed by atoms with Crippen LogP contribution in [-0.2, 0) is 4.74 Å². The summed E-state index contributed by atoms with van der Waals surface area (Å²) < 4.78 is 21.8. The van der Waals surface area contributed by atoms with Crippen molar-refractivity contribution in [1.29, 1.82) is 0 Å². The van der Waals surface area contributed by atoms with Gasteiger partial charge in [-0.2, -0.15) is 9.61 Å². The first kappa shape index (κ1) is 16.0. The van der Waals surface area contributed by atoms with Crippen molar-refractivity contribution in [3.05, 3.63) is 48.4 Å². The molecule has 2 N–H and O–H groups in total. The van der Waals surface area contributed by atoms with Crippen LogP contribution in [0.25, 0.3) is 16.9 Å². The second-order valence-corrected chi connectivity index (χ2v) is 6.10. The van der Waals surface area contributed by atoms with E-state index < -0.39 is 0 Å². The monoisotopic (exact) mass is 341 g/mol. The van der Waals surface area contributed by atoms with Crippen LogP contribution in [0.1, 0.15) is 6.42 Å². The van der Waals surface area contributed by atoms with Crippen LogP contribution in [-0.4, -0.2) is 46.9 Å². The molecule has 25 heavy (non-hydrogen) atoms. The fourth-order valence-electron chi connectivity index (χ4n) is 3.22. The van der Waals surface area contributed by atoms with Gasteiger partial charge >= 0.3 is 0 Å². The maximum absolute atomic E-state index is 14.2. The average Bonchev–Trinajstić information content (AvgIpc) is 3.10. The number of fused-ring (bicyclic) bond motifs is 1. The van der Waals surface area contributed by atoms with Gasteiger partial charge in [-0.15, -0.1) is 0 Å². The number of hydrogen-bond acceptors (Lipinski definition) is 5. The highest BCUT2D eigenvalue weighted by molar-refractivity contribution is 5.67. The van der Waals surface area contributed by atoms with Crippen molar-refractivity contribution in [1.82, 2.24) is 14.6 Å². The molecule has 1 aromatic carbocycles. The molecule has 1 aliphatic rings. The van der Waals surface area contributed by atoms with E-state index in [9.17, 15) is 4.39 Å². The van der Waals surface area contributed by atoms with Crippen molar-refractivity contribution in [3.8, 4) is 11.3 Å². The van der Waals surface area contributed by atoms with Gasteiger partial charge in [0, 0.05) is 30.8 Å². The van der Waals surface area contributed by atoms with E-state index in [0.29, 0.717) is 30.1 Å². The molecule has 0 amide bonds. The summed E-state index contributed by atoms with van der Waals surface area (Å²) in [6, 6.07) is 10.4. The molecular weight excluding hydrogens is 321 g/mol. The third-order valence-corrected chi connectivity index (χ3v) is 4.44. The van der Waals surface area contributed by atoms with Gasteiger partial charge in [0.05, 0.1) is 24.6 Å². The number of ether oxygens (including phenoxy) is 1. The van der Waals surface area contributed by atoms with Crippen molar-refractivity contribution in [3.63, 3.8) is 0 Å². The average molecular weight is 341 g/mol. The molecule has 0 bridgehead atoms. The van der Waals surface area contributed by atoms with E-state index in [-0.39, 0.29) is 11.9 Å². The van der Waals surface area contributed by atoms with E-state index in [1.54, 1.807) is 22.8 Å². The smallest absolute Gasteiger partial charge is 0.157 e. The second kappa shape index (κ2) is 6.78. The standard InChI is InChI=1S/C18H20FN5O/c19-15-4-2-1-3-14(15)16-11-18(24-17(22-16)6-8-21-24)23-9-10-25-13(12-23)5-7-20/h1-4,6,8,11,13H,5,7,9-10,12,20H2. The van der Waals surface area contributed by atoms with Crippen molar-refractivity contribution >= 4 is 11.5 Å². The van der Waals surface area contributed by atoms with Crippen LogP contribution < -0.4 is 10.6 Å². The molecule has 6 nitrogen and oxygen atoms in total. The Balaban J connectivity index is 1.78.